The monoisotopic (exact) mass is 690 g/mol. The van der Waals surface area contributed by atoms with Crippen LogP contribution in [0.4, 0.5) is 9.59 Å². The lowest BCUT2D eigenvalue weighted by Gasteiger charge is -2.40. The SMILES string of the molecule is COC12C(COC(N)=O)C3=C(C(=O)C(C)=C(N)C3=O)N1CC1C2N1C(=O)OCc1ccc(SSCC(COC(C)=O)OC(C)=O)cc1. The van der Waals surface area contributed by atoms with Gasteiger partial charge in [0, 0.05) is 49.3 Å². The van der Waals surface area contributed by atoms with Crippen molar-refractivity contribution in [3.8, 4) is 0 Å². The van der Waals surface area contributed by atoms with Crippen LogP contribution in [0.2, 0.25) is 0 Å². The Morgan fingerprint density at radius 1 is 1.04 bits per heavy atom. The average Bonchev–Trinajstić information content (AvgIpc) is 3.54. The number of ketones is 2. The van der Waals surface area contributed by atoms with Gasteiger partial charge in [0.15, 0.2) is 5.72 Å². The summed E-state index contributed by atoms with van der Waals surface area (Å²) in [6, 6.07) is 6.33. The van der Waals surface area contributed by atoms with Crippen LogP contribution in [0, 0.1) is 5.92 Å². The number of methoxy groups -OCH3 is 1. The van der Waals surface area contributed by atoms with Crippen LogP contribution in [0.15, 0.2) is 51.7 Å². The van der Waals surface area contributed by atoms with Gasteiger partial charge in [-0.05, 0) is 24.6 Å². The Hall–Kier alpha value is -4.22. The minimum absolute atomic E-state index is 0.0208. The zero-order valence-electron chi connectivity index (χ0n) is 26.0. The van der Waals surface area contributed by atoms with E-state index in [4.69, 9.17) is 35.2 Å². The molecule has 3 heterocycles. The van der Waals surface area contributed by atoms with Gasteiger partial charge in [-0.1, -0.05) is 33.7 Å². The lowest BCUT2D eigenvalue weighted by Crippen LogP contribution is -2.56. The van der Waals surface area contributed by atoms with Gasteiger partial charge >= 0.3 is 24.1 Å². The quantitative estimate of drug-likeness (QED) is 0.105. The molecule has 1 aliphatic carbocycles. The van der Waals surface area contributed by atoms with E-state index in [9.17, 15) is 28.8 Å². The van der Waals surface area contributed by atoms with Crippen LogP contribution in [0.3, 0.4) is 0 Å². The van der Waals surface area contributed by atoms with Gasteiger partial charge < -0.3 is 40.1 Å². The van der Waals surface area contributed by atoms with Crippen molar-refractivity contribution in [2.75, 3.05) is 32.6 Å². The molecule has 0 saturated carbocycles. The molecule has 2 fully saturated rings. The lowest BCUT2D eigenvalue weighted by atomic mass is 9.82. The first kappa shape index (κ1) is 34.1. The molecule has 0 spiro atoms. The van der Waals surface area contributed by atoms with Crippen molar-refractivity contribution in [3.05, 3.63) is 52.4 Å². The summed E-state index contributed by atoms with van der Waals surface area (Å²) in [4.78, 5) is 78.0. The number of carbonyl (C=O) groups is 6. The Morgan fingerprint density at radius 3 is 2.36 bits per heavy atom. The van der Waals surface area contributed by atoms with Gasteiger partial charge in [-0.3, -0.25) is 24.1 Å². The van der Waals surface area contributed by atoms with Crippen LogP contribution in [0.5, 0.6) is 0 Å². The summed E-state index contributed by atoms with van der Waals surface area (Å²) in [5, 5.41) is 0. The predicted molar refractivity (Wildman–Crippen MR) is 166 cm³/mol. The first-order chi connectivity index (χ1) is 22.3. The number of nitrogens with two attached hydrogens (primary N) is 2. The molecule has 1 aromatic carbocycles. The molecule has 4 aliphatic rings. The van der Waals surface area contributed by atoms with Crippen molar-refractivity contribution >= 4 is 57.3 Å². The molecule has 2 amide bonds. The Morgan fingerprint density at radius 2 is 1.74 bits per heavy atom. The van der Waals surface area contributed by atoms with Gasteiger partial charge in [0.05, 0.1) is 23.4 Å². The molecule has 17 heteroatoms. The molecule has 2 saturated heterocycles. The van der Waals surface area contributed by atoms with E-state index < -0.39 is 59.5 Å². The van der Waals surface area contributed by atoms with Crippen LogP contribution < -0.4 is 11.5 Å². The molecule has 5 atom stereocenters. The third-order valence-corrected chi connectivity index (χ3v) is 10.8. The number of piperazine rings is 1. The van der Waals surface area contributed by atoms with Crippen LogP contribution in [-0.2, 0) is 49.5 Å². The zero-order chi connectivity index (χ0) is 34.2. The molecule has 3 aliphatic heterocycles. The number of ether oxygens (including phenoxy) is 5. The van der Waals surface area contributed by atoms with Crippen LogP contribution in [0.1, 0.15) is 26.3 Å². The molecule has 1 aromatic rings. The van der Waals surface area contributed by atoms with E-state index in [1.807, 2.05) is 24.3 Å². The maximum absolute atomic E-state index is 13.3. The number of primary amides is 1. The first-order valence-corrected chi connectivity index (χ1v) is 16.8. The number of hydrogen-bond donors (Lipinski definition) is 2. The summed E-state index contributed by atoms with van der Waals surface area (Å²) in [6.45, 7) is 3.82. The Bertz CT molecular complexity index is 1580. The highest BCUT2D eigenvalue weighted by Gasteiger charge is 2.78. The number of fused-ring (bicyclic) bond motifs is 4. The Labute approximate surface area is 277 Å². The highest BCUT2D eigenvalue weighted by Crippen LogP contribution is 2.59. The van der Waals surface area contributed by atoms with Crippen molar-refractivity contribution in [1.82, 2.24) is 9.80 Å². The number of amides is 2. The molecule has 4 N–H and O–H groups in total. The van der Waals surface area contributed by atoms with E-state index in [-0.39, 0.29) is 54.9 Å². The maximum atomic E-state index is 13.3. The summed E-state index contributed by atoms with van der Waals surface area (Å²) >= 11 is 0. The van der Waals surface area contributed by atoms with Crippen molar-refractivity contribution < 1.29 is 52.5 Å². The molecule has 47 heavy (non-hydrogen) atoms. The Balaban J connectivity index is 1.20. The number of rotatable bonds is 12. The fourth-order valence-corrected chi connectivity index (χ4v) is 8.49. The second-order valence-electron chi connectivity index (χ2n) is 11.2. The maximum Gasteiger partial charge on any atom is 0.410 e. The highest BCUT2D eigenvalue weighted by atomic mass is 33.1. The van der Waals surface area contributed by atoms with Crippen LogP contribution in [-0.4, -0.2) is 102 Å². The number of hydrogen-bond acceptors (Lipinski definition) is 15. The van der Waals surface area contributed by atoms with Gasteiger partial charge in [-0.15, -0.1) is 0 Å². The highest BCUT2D eigenvalue weighted by molar-refractivity contribution is 8.76. The van der Waals surface area contributed by atoms with Gasteiger partial charge in [-0.2, -0.15) is 0 Å². The van der Waals surface area contributed by atoms with E-state index in [2.05, 4.69) is 0 Å². The van der Waals surface area contributed by atoms with Crippen molar-refractivity contribution in [1.29, 1.82) is 0 Å². The second kappa shape index (κ2) is 13.5. The first-order valence-electron chi connectivity index (χ1n) is 14.5. The summed E-state index contributed by atoms with van der Waals surface area (Å²) < 4.78 is 26.9. The molecule has 0 bridgehead atoms. The van der Waals surface area contributed by atoms with Gasteiger partial charge in [0.2, 0.25) is 11.6 Å². The van der Waals surface area contributed by atoms with Gasteiger partial charge in [-0.25, -0.2) is 9.59 Å². The molecule has 5 unspecified atom stereocenters. The fourth-order valence-electron chi connectivity index (χ4n) is 6.33. The molecular formula is C30H34N4O11S2. The predicted octanol–water partition coefficient (Wildman–Crippen LogP) is 1.63. The number of allylic oxidation sites excluding steroid dienone is 2. The average molecular weight is 691 g/mol. The van der Waals surface area contributed by atoms with Crippen LogP contribution in [0.25, 0.3) is 0 Å². The third-order valence-electron chi connectivity index (χ3n) is 8.40. The van der Waals surface area contributed by atoms with Gasteiger partial charge in [0.25, 0.3) is 0 Å². The smallest absolute Gasteiger partial charge is 0.410 e. The molecule has 0 radical (unpaired) electrons. The van der Waals surface area contributed by atoms with E-state index >= 15 is 0 Å². The minimum atomic E-state index is -1.39. The number of esters is 2. The minimum Gasteiger partial charge on any atom is -0.462 e. The normalized spacial score (nSPS) is 24.8. The van der Waals surface area contributed by atoms with Gasteiger partial charge in [0.1, 0.15) is 32.0 Å². The number of nitrogens with zero attached hydrogens (tertiary/aromatic N) is 2. The lowest BCUT2D eigenvalue weighted by molar-refractivity contribution is -0.154. The summed E-state index contributed by atoms with van der Waals surface area (Å²) in [5.41, 5.74) is 10.7. The van der Waals surface area contributed by atoms with E-state index in [1.165, 1.54) is 54.4 Å². The number of benzene rings is 1. The molecule has 252 valence electrons. The summed E-state index contributed by atoms with van der Waals surface area (Å²) in [5.74, 6) is -2.46. The Kier molecular flexibility index (Phi) is 9.79. The summed E-state index contributed by atoms with van der Waals surface area (Å²) in [6.07, 6.45) is -2.26. The van der Waals surface area contributed by atoms with E-state index in [0.717, 1.165) is 10.5 Å². The second-order valence-corrected chi connectivity index (χ2v) is 13.6. The van der Waals surface area contributed by atoms with Crippen molar-refractivity contribution in [3.63, 3.8) is 0 Å². The van der Waals surface area contributed by atoms with Crippen molar-refractivity contribution in [2.24, 2.45) is 17.4 Å². The fraction of sp³-hybridized carbons (Fsp3) is 0.467. The molecule has 0 aromatic heterocycles. The number of Topliss-reactive ketones (excluding diaryl/α,β-unsaturated/α-hetero) is 2. The molecule has 5 rings (SSSR count). The third kappa shape index (κ3) is 6.38. The van der Waals surface area contributed by atoms with Crippen LogP contribution >= 0.6 is 21.6 Å². The summed E-state index contributed by atoms with van der Waals surface area (Å²) in [7, 11) is 4.27. The van der Waals surface area contributed by atoms with Crippen molar-refractivity contribution in [2.45, 2.75) is 56.2 Å². The molecule has 15 nitrogen and oxygen atoms in total. The van der Waals surface area contributed by atoms with E-state index in [0.29, 0.717) is 5.75 Å². The largest absolute Gasteiger partial charge is 0.462 e. The number of carbonyl (C=O) groups excluding carboxylic acids is 6. The standard InChI is InChI=1S/C30H34N4O11S2/c1-14-23(31)26(38)22-20(12-43-28(32)39)30(41-4)27-21(9-33(30)24(22)25(14)37)34(27)29(40)44-10-17-5-7-19(8-6-17)47-46-13-18(45-16(3)36)11-42-15(2)35/h5-8,18,20-21,27H,9-13,31H2,1-4H3,(H2,32,39). The topological polar surface area (TPSA) is 207 Å². The van der Waals surface area contributed by atoms with E-state index in [1.54, 1.807) is 4.90 Å². The zero-order valence-corrected chi connectivity index (χ0v) is 27.6. The molecular weight excluding hydrogens is 656 g/mol.